The van der Waals surface area contributed by atoms with E-state index in [2.05, 4.69) is 126 Å². The molecule has 0 amide bonds. The lowest BCUT2D eigenvalue weighted by molar-refractivity contribution is 1.01. The van der Waals surface area contributed by atoms with Crippen molar-refractivity contribution in [2.75, 3.05) is 5.43 Å². The number of hydrazone groups is 1. The molecule has 152 valence electrons. The van der Waals surface area contributed by atoms with E-state index in [9.17, 15) is 0 Å². The van der Waals surface area contributed by atoms with Gasteiger partial charge in [-0.3, -0.25) is 5.43 Å². The Morgan fingerprint density at radius 2 is 1.16 bits per heavy atom. The van der Waals surface area contributed by atoms with Crippen molar-refractivity contribution in [1.82, 2.24) is 0 Å². The van der Waals surface area contributed by atoms with E-state index in [-0.39, 0.29) is 5.92 Å². The van der Waals surface area contributed by atoms with Gasteiger partial charge in [0.15, 0.2) is 0 Å². The van der Waals surface area contributed by atoms with E-state index in [1.54, 1.807) is 0 Å². The predicted molar refractivity (Wildman–Crippen MR) is 134 cm³/mol. The fourth-order valence-corrected chi connectivity index (χ4v) is 4.82. The van der Waals surface area contributed by atoms with Gasteiger partial charge in [-0.1, -0.05) is 103 Å². The second kappa shape index (κ2) is 7.82. The Kier molecular flexibility index (Phi) is 4.54. The smallest absolute Gasteiger partial charge is 0.0568 e. The van der Waals surface area contributed by atoms with Crippen LogP contribution in [0, 0.1) is 0 Å². The van der Waals surface area contributed by atoms with E-state index >= 15 is 0 Å². The van der Waals surface area contributed by atoms with Crippen molar-refractivity contribution in [3.05, 3.63) is 138 Å². The van der Waals surface area contributed by atoms with Gasteiger partial charge in [0.2, 0.25) is 0 Å². The molecule has 1 aliphatic carbocycles. The molecule has 0 saturated heterocycles. The summed E-state index contributed by atoms with van der Waals surface area (Å²) in [5, 5.41) is 7.02. The highest BCUT2D eigenvalue weighted by atomic mass is 15.3. The average molecular weight is 411 g/mol. The molecule has 0 saturated carbocycles. The molecule has 0 aliphatic heterocycles. The zero-order valence-electron chi connectivity index (χ0n) is 17.6. The Morgan fingerprint density at radius 3 is 1.91 bits per heavy atom. The summed E-state index contributed by atoms with van der Waals surface area (Å²) >= 11 is 0. The number of benzene rings is 5. The maximum atomic E-state index is 4.59. The van der Waals surface area contributed by atoms with E-state index in [1.807, 2.05) is 6.21 Å². The van der Waals surface area contributed by atoms with E-state index in [0.29, 0.717) is 0 Å². The second-order valence-corrected chi connectivity index (χ2v) is 8.17. The first kappa shape index (κ1) is 18.6. The molecule has 2 nitrogen and oxygen atoms in total. The van der Waals surface area contributed by atoms with Crippen LogP contribution in [-0.2, 0) is 0 Å². The molecule has 32 heavy (non-hydrogen) atoms. The number of hydrogen-bond donors (Lipinski definition) is 1. The van der Waals surface area contributed by atoms with E-state index < -0.39 is 0 Å². The largest absolute Gasteiger partial charge is 0.278 e. The normalized spacial score (nSPS) is 12.8. The van der Waals surface area contributed by atoms with Crippen LogP contribution in [0.2, 0.25) is 0 Å². The molecule has 0 bridgehead atoms. The van der Waals surface area contributed by atoms with Crippen LogP contribution < -0.4 is 5.43 Å². The van der Waals surface area contributed by atoms with Crippen LogP contribution in [0.25, 0.3) is 21.9 Å². The second-order valence-electron chi connectivity index (χ2n) is 8.17. The van der Waals surface area contributed by atoms with Crippen LogP contribution in [-0.4, -0.2) is 6.21 Å². The monoisotopic (exact) mass is 410 g/mol. The Hall–Kier alpha value is -4.17. The molecule has 0 fully saturated rings. The Labute approximate surface area is 187 Å². The number of anilines is 1. The molecule has 0 aromatic heterocycles. The van der Waals surface area contributed by atoms with Gasteiger partial charge >= 0.3 is 0 Å². The van der Waals surface area contributed by atoms with Gasteiger partial charge in [-0.2, -0.15) is 5.10 Å². The minimum Gasteiger partial charge on any atom is -0.278 e. The first-order valence-corrected chi connectivity index (χ1v) is 10.9. The quantitative estimate of drug-likeness (QED) is 0.237. The summed E-state index contributed by atoms with van der Waals surface area (Å²) in [6, 6.07) is 40.7. The van der Waals surface area contributed by atoms with Gasteiger partial charge in [0.25, 0.3) is 0 Å². The molecule has 0 radical (unpaired) electrons. The molecule has 5 aromatic rings. The van der Waals surface area contributed by atoms with Gasteiger partial charge in [0, 0.05) is 5.92 Å². The van der Waals surface area contributed by atoms with E-state index in [4.69, 9.17) is 0 Å². The minimum absolute atomic E-state index is 0.214. The lowest BCUT2D eigenvalue weighted by Gasteiger charge is -2.17. The first-order chi connectivity index (χ1) is 15.9. The maximum absolute atomic E-state index is 4.59. The van der Waals surface area contributed by atoms with Gasteiger partial charge in [0.05, 0.1) is 11.9 Å². The maximum Gasteiger partial charge on any atom is 0.0568 e. The molecule has 0 heterocycles. The van der Waals surface area contributed by atoms with Gasteiger partial charge in [-0.15, -0.1) is 0 Å². The predicted octanol–water partition coefficient (Wildman–Crippen LogP) is 7.45. The lowest BCUT2D eigenvalue weighted by Crippen LogP contribution is -2.04. The third-order valence-corrected chi connectivity index (χ3v) is 6.29. The van der Waals surface area contributed by atoms with Crippen molar-refractivity contribution in [2.45, 2.75) is 5.92 Å². The summed E-state index contributed by atoms with van der Waals surface area (Å²) in [6.07, 6.45) is 1.94. The third-order valence-electron chi connectivity index (χ3n) is 6.29. The zero-order valence-corrected chi connectivity index (χ0v) is 17.6. The Morgan fingerprint density at radius 1 is 0.562 bits per heavy atom. The lowest BCUT2D eigenvalue weighted by atomic mass is 9.87. The van der Waals surface area contributed by atoms with Crippen molar-refractivity contribution >= 4 is 22.7 Å². The summed E-state index contributed by atoms with van der Waals surface area (Å²) in [5.74, 6) is 0.214. The molecule has 0 atom stereocenters. The van der Waals surface area contributed by atoms with Crippen LogP contribution in [0.4, 0.5) is 5.69 Å². The van der Waals surface area contributed by atoms with Crippen molar-refractivity contribution in [1.29, 1.82) is 0 Å². The fraction of sp³-hybridized carbons (Fsp3) is 0.0333. The van der Waals surface area contributed by atoms with E-state index in [1.165, 1.54) is 38.6 Å². The highest BCUT2D eigenvalue weighted by molar-refractivity contribution is 5.88. The van der Waals surface area contributed by atoms with Gasteiger partial charge in [-0.25, -0.2) is 0 Å². The van der Waals surface area contributed by atoms with Crippen molar-refractivity contribution in [2.24, 2.45) is 5.10 Å². The fourth-order valence-electron chi connectivity index (χ4n) is 4.82. The molecule has 2 heteroatoms. The summed E-state index contributed by atoms with van der Waals surface area (Å²) in [6.45, 7) is 0. The third kappa shape index (κ3) is 3.17. The molecular weight excluding hydrogens is 388 g/mol. The zero-order chi connectivity index (χ0) is 21.3. The highest BCUT2D eigenvalue weighted by Gasteiger charge is 2.30. The molecule has 6 rings (SSSR count). The summed E-state index contributed by atoms with van der Waals surface area (Å²) in [4.78, 5) is 0. The molecule has 1 aliphatic rings. The van der Waals surface area contributed by atoms with Gasteiger partial charge in [0.1, 0.15) is 0 Å². The number of rotatable bonds is 4. The molecule has 1 N–H and O–H groups in total. The van der Waals surface area contributed by atoms with Crippen molar-refractivity contribution in [3.8, 4) is 11.1 Å². The number of nitrogens with one attached hydrogen (secondary N) is 1. The summed E-state index contributed by atoms with van der Waals surface area (Å²) in [7, 11) is 0. The van der Waals surface area contributed by atoms with Crippen LogP contribution in [0.15, 0.2) is 120 Å². The molecule has 0 spiro atoms. The Bertz CT molecular complexity index is 1420. The summed E-state index contributed by atoms with van der Waals surface area (Å²) in [5.41, 5.74) is 12.0. The minimum atomic E-state index is 0.214. The number of fused-ring (bicyclic) bond motifs is 4. The van der Waals surface area contributed by atoms with Crippen molar-refractivity contribution in [3.63, 3.8) is 0 Å². The highest BCUT2D eigenvalue weighted by Crippen LogP contribution is 2.48. The van der Waals surface area contributed by atoms with Crippen LogP contribution >= 0.6 is 0 Å². The van der Waals surface area contributed by atoms with Crippen molar-refractivity contribution < 1.29 is 0 Å². The van der Waals surface area contributed by atoms with Crippen LogP contribution in [0.1, 0.15) is 28.2 Å². The first-order valence-electron chi connectivity index (χ1n) is 10.9. The van der Waals surface area contributed by atoms with E-state index in [0.717, 1.165) is 11.3 Å². The van der Waals surface area contributed by atoms with Crippen LogP contribution in [0.5, 0.6) is 0 Å². The summed E-state index contributed by atoms with van der Waals surface area (Å²) < 4.78 is 0. The molecular formula is C30H22N2. The topological polar surface area (TPSA) is 24.4 Å². The average Bonchev–Trinajstić information content (AvgIpc) is 3.19. The number of nitrogens with zero attached hydrogens (tertiary/aromatic N) is 1. The Balaban J connectivity index is 1.35. The van der Waals surface area contributed by atoms with Gasteiger partial charge in [-0.05, 0) is 56.3 Å². The SMILES string of the molecule is C(=N\Nc1ccc2ccccc2c1)/c1ccccc1C1c2ccccc2-c2ccccc21. The standard InChI is InChI=1S/C30H22N2/c1-2-10-22-19-24(18-17-21(22)9-1)32-31-20-23-11-3-4-12-25(23)30-28-15-7-5-13-26(28)27-14-6-8-16-29(27)30/h1-20,30,32H/b31-20+. The molecule has 0 unspecified atom stereocenters. The molecule has 5 aromatic carbocycles. The number of hydrogen-bond acceptors (Lipinski definition) is 2. The van der Waals surface area contributed by atoms with Crippen LogP contribution in [0.3, 0.4) is 0 Å². The van der Waals surface area contributed by atoms with Gasteiger partial charge < -0.3 is 0 Å².